The number of nitrogens with one attached hydrogen (secondary N) is 2. The predicted octanol–water partition coefficient (Wildman–Crippen LogP) is 3.22. The number of hydrogen-bond acceptors (Lipinski definition) is 2. The minimum Gasteiger partial charge on any atom is -0.356 e. The molecule has 2 fully saturated rings. The third-order valence-corrected chi connectivity index (χ3v) is 5.17. The Bertz CT molecular complexity index is 308. The molecule has 0 aromatic rings. The minimum atomic E-state index is 0. The summed E-state index contributed by atoms with van der Waals surface area (Å²) in [6.07, 6.45) is 10.7. The van der Waals surface area contributed by atoms with E-state index >= 15 is 0 Å². The monoisotopic (exact) mass is 422 g/mol. The van der Waals surface area contributed by atoms with Gasteiger partial charge in [-0.15, -0.1) is 24.0 Å². The summed E-state index contributed by atoms with van der Waals surface area (Å²) in [5.74, 6) is 1.90. The van der Waals surface area contributed by atoms with Gasteiger partial charge in [-0.2, -0.15) is 0 Å². The number of likely N-dealkylation sites (tertiary alicyclic amines) is 1. The van der Waals surface area contributed by atoms with Crippen LogP contribution < -0.4 is 10.6 Å². The molecular weight excluding hydrogens is 387 g/mol. The zero-order valence-corrected chi connectivity index (χ0v) is 16.8. The molecule has 0 amide bonds. The average Bonchev–Trinajstić information content (AvgIpc) is 2.55. The Balaban J connectivity index is 0.00000242. The van der Waals surface area contributed by atoms with Crippen LogP contribution in [0.2, 0.25) is 0 Å². The summed E-state index contributed by atoms with van der Waals surface area (Å²) in [7, 11) is 1.89. The highest BCUT2D eigenvalue weighted by Gasteiger charge is 2.18. The molecule has 2 aliphatic rings. The largest absolute Gasteiger partial charge is 0.356 e. The van der Waals surface area contributed by atoms with Gasteiger partial charge >= 0.3 is 0 Å². The maximum atomic E-state index is 4.38. The minimum absolute atomic E-state index is 0. The number of halogens is 1. The molecule has 0 atom stereocenters. The van der Waals surface area contributed by atoms with Gasteiger partial charge < -0.3 is 15.5 Å². The first-order chi connectivity index (χ1) is 10.3. The highest BCUT2D eigenvalue weighted by atomic mass is 127. The van der Waals surface area contributed by atoms with Crippen LogP contribution in [0.1, 0.15) is 58.3 Å². The first kappa shape index (κ1) is 20.0. The maximum Gasteiger partial charge on any atom is 0.191 e. The van der Waals surface area contributed by atoms with Crippen LogP contribution in [0.4, 0.5) is 0 Å². The van der Waals surface area contributed by atoms with E-state index in [-0.39, 0.29) is 24.0 Å². The fraction of sp³-hybridized carbons (Fsp3) is 0.941. The molecule has 0 radical (unpaired) electrons. The van der Waals surface area contributed by atoms with E-state index in [9.17, 15) is 0 Å². The number of guanidine groups is 1. The van der Waals surface area contributed by atoms with E-state index in [2.05, 4.69) is 27.4 Å². The highest BCUT2D eigenvalue weighted by Crippen LogP contribution is 2.20. The van der Waals surface area contributed by atoms with E-state index < -0.39 is 0 Å². The summed E-state index contributed by atoms with van der Waals surface area (Å²) in [5.41, 5.74) is 0. The van der Waals surface area contributed by atoms with E-state index in [4.69, 9.17) is 0 Å². The van der Waals surface area contributed by atoms with E-state index in [0.29, 0.717) is 6.04 Å². The third-order valence-electron chi connectivity index (χ3n) is 5.17. The van der Waals surface area contributed by atoms with Crippen molar-refractivity contribution in [1.82, 2.24) is 15.5 Å². The number of piperidine rings is 1. The Morgan fingerprint density at radius 1 is 1.09 bits per heavy atom. The van der Waals surface area contributed by atoms with Crippen molar-refractivity contribution in [2.45, 2.75) is 64.3 Å². The van der Waals surface area contributed by atoms with Gasteiger partial charge in [-0.1, -0.05) is 26.2 Å². The SMILES string of the molecule is CCN1CCC(CCNC(=NC)NC2CCCCC2)CC1.I. The molecule has 1 saturated heterocycles. The second-order valence-corrected chi connectivity index (χ2v) is 6.64. The zero-order chi connectivity index (χ0) is 14.9. The Kier molecular flexibility index (Phi) is 10.4. The second kappa shape index (κ2) is 11.5. The molecule has 1 heterocycles. The zero-order valence-electron chi connectivity index (χ0n) is 14.4. The summed E-state index contributed by atoms with van der Waals surface area (Å²) < 4.78 is 0. The molecule has 22 heavy (non-hydrogen) atoms. The number of nitrogens with zero attached hydrogens (tertiary/aromatic N) is 2. The van der Waals surface area contributed by atoms with Crippen molar-refractivity contribution < 1.29 is 0 Å². The van der Waals surface area contributed by atoms with Gasteiger partial charge in [0.05, 0.1) is 0 Å². The van der Waals surface area contributed by atoms with Crippen LogP contribution in [0.25, 0.3) is 0 Å². The average molecular weight is 422 g/mol. The lowest BCUT2D eigenvalue weighted by Gasteiger charge is -2.31. The first-order valence-electron chi connectivity index (χ1n) is 9.01. The number of hydrogen-bond donors (Lipinski definition) is 2. The van der Waals surface area contributed by atoms with Gasteiger partial charge in [-0.25, -0.2) is 0 Å². The van der Waals surface area contributed by atoms with E-state index in [1.54, 1.807) is 0 Å². The Labute approximate surface area is 153 Å². The fourth-order valence-electron chi connectivity index (χ4n) is 3.62. The highest BCUT2D eigenvalue weighted by molar-refractivity contribution is 14.0. The lowest BCUT2D eigenvalue weighted by atomic mass is 9.93. The van der Waals surface area contributed by atoms with Crippen molar-refractivity contribution in [2.24, 2.45) is 10.9 Å². The molecule has 2 rings (SSSR count). The lowest BCUT2D eigenvalue weighted by molar-refractivity contribution is 0.187. The van der Waals surface area contributed by atoms with Gasteiger partial charge in [0.15, 0.2) is 5.96 Å². The van der Waals surface area contributed by atoms with Gasteiger partial charge in [-0.05, 0) is 57.7 Å². The van der Waals surface area contributed by atoms with Crippen LogP contribution in [-0.4, -0.2) is 50.1 Å². The maximum absolute atomic E-state index is 4.38. The van der Waals surface area contributed by atoms with Crippen LogP contribution in [0.15, 0.2) is 4.99 Å². The molecule has 4 nitrogen and oxygen atoms in total. The summed E-state index contributed by atoms with van der Waals surface area (Å²) in [6.45, 7) is 7.11. The first-order valence-corrected chi connectivity index (χ1v) is 9.01. The van der Waals surface area contributed by atoms with Gasteiger partial charge in [-0.3, -0.25) is 4.99 Å². The Hall–Kier alpha value is -0.0400. The lowest BCUT2D eigenvalue weighted by Crippen LogP contribution is -2.45. The molecule has 2 N–H and O–H groups in total. The summed E-state index contributed by atoms with van der Waals surface area (Å²) >= 11 is 0. The molecule has 130 valence electrons. The summed E-state index contributed by atoms with van der Waals surface area (Å²) in [5, 5.41) is 7.10. The number of aliphatic imine (C=N–C) groups is 1. The molecule has 1 aliphatic carbocycles. The molecule has 0 aromatic carbocycles. The van der Waals surface area contributed by atoms with Crippen molar-refractivity contribution >= 4 is 29.9 Å². The normalized spacial score (nSPS) is 22.2. The number of rotatable bonds is 5. The van der Waals surface area contributed by atoms with Crippen molar-refractivity contribution in [2.75, 3.05) is 33.2 Å². The molecule has 1 aliphatic heterocycles. The molecule has 1 saturated carbocycles. The topological polar surface area (TPSA) is 39.7 Å². The smallest absolute Gasteiger partial charge is 0.191 e. The predicted molar refractivity (Wildman–Crippen MR) is 106 cm³/mol. The molecule has 0 bridgehead atoms. The van der Waals surface area contributed by atoms with Gasteiger partial charge in [0, 0.05) is 19.6 Å². The van der Waals surface area contributed by atoms with Crippen molar-refractivity contribution in [3.8, 4) is 0 Å². The molecule has 5 heteroatoms. The van der Waals surface area contributed by atoms with E-state index in [1.807, 2.05) is 7.05 Å². The van der Waals surface area contributed by atoms with Crippen LogP contribution in [0.3, 0.4) is 0 Å². The van der Waals surface area contributed by atoms with E-state index in [1.165, 1.54) is 71.0 Å². The van der Waals surface area contributed by atoms with E-state index in [0.717, 1.165) is 18.4 Å². The standard InChI is InChI=1S/C17H34N4.HI/c1-3-21-13-10-15(11-14-21)9-12-19-17(18-2)20-16-7-5-4-6-8-16;/h15-16H,3-14H2,1-2H3,(H2,18,19,20);1H. The van der Waals surface area contributed by atoms with Crippen LogP contribution in [0, 0.1) is 5.92 Å². The molecular formula is C17H35IN4. The molecule has 0 spiro atoms. The van der Waals surface area contributed by atoms with Gasteiger partial charge in [0.1, 0.15) is 0 Å². The quantitative estimate of drug-likeness (QED) is 0.406. The van der Waals surface area contributed by atoms with Crippen LogP contribution >= 0.6 is 24.0 Å². The van der Waals surface area contributed by atoms with Gasteiger partial charge in [0.25, 0.3) is 0 Å². The van der Waals surface area contributed by atoms with Gasteiger partial charge in [0.2, 0.25) is 0 Å². The summed E-state index contributed by atoms with van der Waals surface area (Å²) in [4.78, 5) is 6.94. The van der Waals surface area contributed by atoms with Crippen molar-refractivity contribution in [3.63, 3.8) is 0 Å². The second-order valence-electron chi connectivity index (χ2n) is 6.64. The van der Waals surface area contributed by atoms with Crippen molar-refractivity contribution in [1.29, 1.82) is 0 Å². The Morgan fingerprint density at radius 2 is 1.77 bits per heavy atom. The van der Waals surface area contributed by atoms with Crippen LogP contribution in [0.5, 0.6) is 0 Å². The fourth-order valence-corrected chi connectivity index (χ4v) is 3.62. The molecule has 0 unspecified atom stereocenters. The van der Waals surface area contributed by atoms with Crippen molar-refractivity contribution in [3.05, 3.63) is 0 Å². The third kappa shape index (κ3) is 7.02. The van der Waals surface area contributed by atoms with Crippen LogP contribution in [-0.2, 0) is 0 Å². The Morgan fingerprint density at radius 3 is 2.36 bits per heavy atom. The summed E-state index contributed by atoms with van der Waals surface area (Å²) in [6, 6.07) is 0.637. The molecule has 0 aromatic heterocycles.